The largest absolute Gasteiger partial charge is 0.364 e. The monoisotopic (exact) mass is 227 g/mol. The number of nitrogens with zero attached hydrogens (tertiary/aromatic N) is 2. The molecule has 2 heterocycles. The third-order valence-corrected chi connectivity index (χ3v) is 2.63. The van der Waals surface area contributed by atoms with Crippen LogP contribution in [0.4, 0.5) is 0 Å². The van der Waals surface area contributed by atoms with Crippen molar-refractivity contribution in [2.45, 2.75) is 0 Å². The van der Waals surface area contributed by atoms with Crippen LogP contribution in [0.3, 0.4) is 0 Å². The molecule has 3 aromatic rings. The first-order valence-corrected chi connectivity index (χ1v) is 5.03. The van der Waals surface area contributed by atoms with Crippen LogP contribution in [0.25, 0.3) is 22.0 Å². The molecule has 0 aliphatic rings. The molecular weight excluding hydrogens is 218 g/mol. The minimum absolute atomic E-state index is 0.255. The molecule has 0 bridgehead atoms. The van der Waals surface area contributed by atoms with Gasteiger partial charge in [-0.2, -0.15) is 10.2 Å². The summed E-state index contributed by atoms with van der Waals surface area (Å²) in [6.07, 6.45) is 3.50. The van der Waals surface area contributed by atoms with Gasteiger partial charge in [0.05, 0.1) is 11.7 Å². The third-order valence-electron chi connectivity index (χ3n) is 2.63. The van der Waals surface area contributed by atoms with Gasteiger partial charge in [-0.15, -0.1) is 0 Å². The van der Waals surface area contributed by atoms with Crippen LogP contribution >= 0.6 is 0 Å². The highest BCUT2D eigenvalue weighted by atomic mass is 16.1. The SMILES string of the molecule is NC(=O)c1n[nH]c2ccc(-c3cn[nH]c3)cc12. The normalized spacial score (nSPS) is 10.8. The van der Waals surface area contributed by atoms with Gasteiger partial charge in [0, 0.05) is 17.1 Å². The Hall–Kier alpha value is -2.63. The maximum atomic E-state index is 11.2. The van der Waals surface area contributed by atoms with E-state index in [1.165, 1.54) is 0 Å². The molecule has 6 heteroatoms. The zero-order valence-electron chi connectivity index (χ0n) is 8.77. The summed E-state index contributed by atoms with van der Waals surface area (Å²) >= 11 is 0. The fraction of sp³-hybridized carbons (Fsp3) is 0. The van der Waals surface area contributed by atoms with Crippen LogP contribution in [0, 0.1) is 0 Å². The fourth-order valence-electron chi connectivity index (χ4n) is 1.79. The number of nitrogens with two attached hydrogens (primary N) is 1. The van der Waals surface area contributed by atoms with E-state index < -0.39 is 5.91 Å². The highest BCUT2D eigenvalue weighted by molar-refractivity contribution is 6.04. The topological polar surface area (TPSA) is 100 Å². The lowest BCUT2D eigenvalue weighted by Crippen LogP contribution is -2.11. The van der Waals surface area contributed by atoms with E-state index in [1.807, 2.05) is 18.2 Å². The van der Waals surface area contributed by atoms with Crippen molar-refractivity contribution >= 4 is 16.8 Å². The number of nitrogens with one attached hydrogen (secondary N) is 2. The highest BCUT2D eigenvalue weighted by Crippen LogP contribution is 2.24. The molecule has 17 heavy (non-hydrogen) atoms. The van der Waals surface area contributed by atoms with E-state index in [0.717, 1.165) is 22.0 Å². The van der Waals surface area contributed by atoms with E-state index in [2.05, 4.69) is 20.4 Å². The van der Waals surface area contributed by atoms with Crippen molar-refractivity contribution in [2.75, 3.05) is 0 Å². The van der Waals surface area contributed by atoms with Gasteiger partial charge in [0.1, 0.15) is 0 Å². The van der Waals surface area contributed by atoms with Gasteiger partial charge in [-0.05, 0) is 17.7 Å². The molecule has 2 aromatic heterocycles. The number of carbonyl (C=O) groups excluding carboxylic acids is 1. The van der Waals surface area contributed by atoms with Crippen molar-refractivity contribution in [3.05, 3.63) is 36.3 Å². The number of hydrogen-bond acceptors (Lipinski definition) is 3. The van der Waals surface area contributed by atoms with Crippen LogP contribution in [-0.2, 0) is 0 Å². The summed E-state index contributed by atoms with van der Waals surface area (Å²) in [6, 6.07) is 5.65. The van der Waals surface area contributed by atoms with Crippen LogP contribution in [0.1, 0.15) is 10.5 Å². The molecule has 0 aliphatic carbocycles. The van der Waals surface area contributed by atoms with Crippen LogP contribution in [0.5, 0.6) is 0 Å². The van der Waals surface area contributed by atoms with Crippen LogP contribution in [-0.4, -0.2) is 26.3 Å². The Morgan fingerprint density at radius 2 is 2.18 bits per heavy atom. The molecule has 84 valence electrons. The molecule has 6 nitrogen and oxygen atoms in total. The Kier molecular flexibility index (Phi) is 1.94. The maximum Gasteiger partial charge on any atom is 0.269 e. The summed E-state index contributed by atoms with van der Waals surface area (Å²) < 4.78 is 0. The number of fused-ring (bicyclic) bond motifs is 1. The summed E-state index contributed by atoms with van der Waals surface area (Å²) in [6.45, 7) is 0. The Balaban J connectivity index is 2.24. The molecule has 0 fully saturated rings. The maximum absolute atomic E-state index is 11.2. The molecule has 3 rings (SSSR count). The molecule has 0 spiro atoms. The zero-order valence-corrected chi connectivity index (χ0v) is 8.77. The van der Waals surface area contributed by atoms with E-state index in [9.17, 15) is 4.79 Å². The third kappa shape index (κ3) is 1.46. The number of aromatic amines is 2. The molecule has 0 unspecified atom stereocenters. The molecule has 1 aromatic carbocycles. The minimum Gasteiger partial charge on any atom is -0.364 e. The van der Waals surface area contributed by atoms with Crippen molar-refractivity contribution in [1.29, 1.82) is 0 Å². The second-order valence-electron chi connectivity index (χ2n) is 3.68. The molecule has 0 saturated carbocycles. The van der Waals surface area contributed by atoms with Gasteiger partial charge in [0.2, 0.25) is 0 Å². The Morgan fingerprint density at radius 3 is 2.88 bits per heavy atom. The number of rotatable bonds is 2. The Morgan fingerprint density at radius 1 is 1.29 bits per heavy atom. The first kappa shape index (κ1) is 9.59. The minimum atomic E-state index is -0.541. The number of benzene rings is 1. The number of primary amides is 1. The number of hydrogen-bond donors (Lipinski definition) is 3. The first-order chi connectivity index (χ1) is 8.25. The zero-order chi connectivity index (χ0) is 11.8. The summed E-state index contributed by atoms with van der Waals surface area (Å²) in [7, 11) is 0. The quantitative estimate of drug-likeness (QED) is 0.610. The number of carbonyl (C=O) groups is 1. The molecule has 0 saturated heterocycles. The summed E-state index contributed by atoms with van der Waals surface area (Å²) in [4.78, 5) is 11.2. The van der Waals surface area contributed by atoms with Crippen molar-refractivity contribution in [1.82, 2.24) is 20.4 Å². The molecule has 0 aliphatic heterocycles. The predicted molar refractivity (Wildman–Crippen MR) is 62.2 cm³/mol. The van der Waals surface area contributed by atoms with Crippen LogP contribution in [0.15, 0.2) is 30.6 Å². The molecule has 0 atom stereocenters. The van der Waals surface area contributed by atoms with Crippen molar-refractivity contribution in [3.8, 4) is 11.1 Å². The number of H-pyrrole nitrogens is 2. The molecule has 1 amide bonds. The van der Waals surface area contributed by atoms with E-state index in [-0.39, 0.29) is 5.69 Å². The lowest BCUT2D eigenvalue weighted by atomic mass is 10.1. The summed E-state index contributed by atoms with van der Waals surface area (Å²) in [5.41, 5.74) is 8.19. The summed E-state index contributed by atoms with van der Waals surface area (Å²) in [5.74, 6) is -0.541. The number of aromatic nitrogens is 4. The van der Waals surface area contributed by atoms with Crippen molar-refractivity contribution < 1.29 is 4.79 Å². The van der Waals surface area contributed by atoms with Crippen LogP contribution < -0.4 is 5.73 Å². The summed E-state index contributed by atoms with van der Waals surface area (Å²) in [5, 5.41) is 14.0. The van der Waals surface area contributed by atoms with Gasteiger partial charge in [-0.25, -0.2) is 0 Å². The Bertz CT molecular complexity index is 683. The highest BCUT2D eigenvalue weighted by Gasteiger charge is 2.11. The lowest BCUT2D eigenvalue weighted by molar-refractivity contribution is 0.0997. The lowest BCUT2D eigenvalue weighted by Gasteiger charge is -1.97. The fourth-order valence-corrected chi connectivity index (χ4v) is 1.79. The standard InChI is InChI=1S/C11H9N5O/c12-11(17)10-8-3-6(7-4-13-14-5-7)1-2-9(8)15-16-10/h1-5H,(H2,12,17)(H,13,14)(H,15,16). The van der Waals surface area contributed by atoms with E-state index in [4.69, 9.17) is 5.73 Å². The van der Waals surface area contributed by atoms with Crippen molar-refractivity contribution in [2.24, 2.45) is 5.73 Å². The first-order valence-electron chi connectivity index (χ1n) is 5.03. The van der Waals surface area contributed by atoms with Gasteiger partial charge in [-0.3, -0.25) is 15.0 Å². The van der Waals surface area contributed by atoms with Gasteiger partial charge < -0.3 is 5.73 Å². The van der Waals surface area contributed by atoms with E-state index >= 15 is 0 Å². The average molecular weight is 227 g/mol. The number of amides is 1. The van der Waals surface area contributed by atoms with Gasteiger partial charge in [0.15, 0.2) is 5.69 Å². The van der Waals surface area contributed by atoms with E-state index in [0.29, 0.717) is 0 Å². The van der Waals surface area contributed by atoms with Crippen LogP contribution in [0.2, 0.25) is 0 Å². The average Bonchev–Trinajstić information content (AvgIpc) is 2.97. The van der Waals surface area contributed by atoms with Gasteiger partial charge in [0.25, 0.3) is 5.91 Å². The smallest absolute Gasteiger partial charge is 0.269 e. The van der Waals surface area contributed by atoms with Crippen molar-refractivity contribution in [3.63, 3.8) is 0 Å². The van der Waals surface area contributed by atoms with Gasteiger partial charge in [-0.1, -0.05) is 6.07 Å². The second kappa shape index (κ2) is 3.44. The predicted octanol–water partition coefficient (Wildman–Crippen LogP) is 1.05. The second-order valence-corrected chi connectivity index (χ2v) is 3.68. The molecule has 4 N–H and O–H groups in total. The molecular formula is C11H9N5O. The van der Waals surface area contributed by atoms with Gasteiger partial charge >= 0.3 is 0 Å². The molecule has 0 radical (unpaired) electrons. The van der Waals surface area contributed by atoms with E-state index in [1.54, 1.807) is 12.4 Å². The Labute approximate surface area is 95.8 Å².